The molecular weight excluding hydrogens is 274 g/mol. The lowest BCUT2D eigenvalue weighted by Gasteiger charge is -2.17. The van der Waals surface area contributed by atoms with Crippen molar-refractivity contribution in [1.29, 1.82) is 0 Å². The number of nitrogens with one attached hydrogen (secondary N) is 1. The first-order chi connectivity index (χ1) is 9.70. The van der Waals surface area contributed by atoms with Gasteiger partial charge in [0.25, 0.3) is 0 Å². The average molecular weight is 288 g/mol. The Morgan fingerprint density at radius 2 is 1.95 bits per heavy atom. The maximum atomic E-state index is 5.93. The molecule has 6 heteroatoms. The molecule has 20 heavy (non-hydrogen) atoms. The van der Waals surface area contributed by atoms with E-state index in [9.17, 15) is 0 Å². The number of rotatable bonds is 3. The smallest absolute Gasteiger partial charge is 0.118 e. The van der Waals surface area contributed by atoms with Crippen molar-refractivity contribution in [1.82, 2.24) is 20.4 Å². The summed E-state index contributed by atoms with van der Waals surface area (Å²) >= 11 is 5.93. The van der Waals surface area contributed by atoms with E-state index in [1.165, 1.54) is 0 Å². The van der Waals surface area contributed by atoms with Gasteiger partial charge in [-0.15, -0.1) is 5.10 Å². The van der Waals surface area contributed by atoms with E-state index in [0.717, 1.165) is 22.2 Å². The van der Waals surface area contributed by atoms with Crippen LogP contribution in [0.4, 0.5) is 0 Å². The fourth-order valence-electron chi connectivity index (χ4n) is 2.33. The van der Waals surface area contributed by atoms with Gasteiger partial charge in [0.1, 0.15) is 5.52 Å². The van der Waals surface area contributed by atoms with Gasteiger partial charge in [-0.1, -0.05) is 41.1 Å². The normalized spacial score (nSPS) is 12.8. The number of aromatic nitrogens is 3. The van der Waals surface area contributed by atoms with Gasteiger partial charge in [-0.25, -0.2) is 10.1 Å². The van der Waals surface area contributed by atoms with Crippen molar-refractivity contribution in [3.8, 4) is 0 Å². The predicted molar refractivity (Wildman–Crippen MR) is 79.1 cm³/mol. The van der Waals surface area contributed by atoms with Crippen molar-refractivity contribution in [2.24, 2.45) is 12.9 Å². The van der Waals surface area contributed by atoms with Gasteiger partial charge in [-0.3, -0.25) is 5.84 Å². The van der Waals surface area contributed by atoms with E-state index in [1.54, 1.807) is 4.68 Å². The van der Waals surface area contributed by atoms with Gasteiger partial charge in [0.2, 0.25) is 0 Å². The molecule has 3 aromatic rings. The molecule has 0 saturated heterocycles. The van der Waals surface area contributed by atoms with Crippen LogP contribution in [0.15, 0.2) is 42.5 Å². The number of hydrazine groups is 1. The third-order valence-corrected chi connectivity index (χ3v) is 3.61. The second-order valence-electron chi connectivity index (χ2n) is 4.58. The molecule has 2 aromatic carbocycles. The number of nitrogens with zero attached hydrogens (tertiary/aromatic N) is 3. The van der Waals surface area contributed by atoms with Crippen LogP contribution in [0, 0.1) is 0 Å². The van der Waals surface area contributed by atoms with Crippen LogP contribution in [0.5, 0.6) is 0 Å². The van der Waals surface area contributed by atoms with Gasteiger partial charge in [0.05, 0.1) is 11.6 Å². The van der Waals surface area contributed by atoms with Crippen LogP contribution in [0.2, 0.25) is 5.02 Å². The van der Waals surface area contributed by atoms with E-state index in [0.29, 0.717) is 5.02 Å². The molecule has 0 aliphatic rings. The van der Waals surface area contributed by atoms with Crippen LogP contribution in [-0.4, -0.2) is 15.0 Å². The van der Waals surface area contributed by atoms with Crippen LogP contribution < -0.4 is 11.3 Å². The first-order valence-corrected chi connectivity index (χ1v) is 6.58. The SMILES string of the molecule is Cn1nnc2c(C(NN)c3ccc(Cl)cc3)cccc21. The minimum absolute atomic E-state index is 0.160. The lowest BCUT2D eigenvalue weighted by molar-refractivity contribution is 0.639. The van der Waals surface area contributed by atoms with Crippen LogP contribution in [0.25, 0.3) is 11.0 Å². The summed E-state index contributed by atoms with van der Waals surface area (Å²) in [5.41, 5.74) is 6.65. The fraction of sp³-hybridized carbons (Fsp3) is 0.143. The summed E-state index contributed by atoms with van der Waals surface area (Å²) in [6.45, 7) is 0. The van der Waals surface area contributed by atoms with Crippen molar-refractivity contribution < 1.29 is 0 Å². The number of fused-ring (bicyclic) bond motifs is 1. The third kappa shape index (κ3) is 2.16. The largest absolute Gasteiger partial charge is 0.271 e. The molecule has 0 bridgehead atoms. The Hall–Kier alpha value is -1.95. The Kier molecular flexibility index (Phi) is 3.40. The summed E-state index contributed by atoms with van der Waals surface area (Å²) < 4.78 is 1.74. The maximum absolute atomic E-state index is 5.93. The molecule has 1 atom stereocenters. The van der Waals surface area contributed by atoms with Crippen LogP contribution in [-0.2, 0) is 7.05 Å². The highest BCUT2D eigenvalue weighted by Crippen LogP contribution is 2.27. The van der Waals surface area contributed by atoms with Gasteiger partial charge in [0.15, 0.2) is 0 Å². The van der Waals surface area contributed by atoms with Gasteiger partial charge in [-0.05, 0) is 23.8 Å². The molecule has 0 aliphatic carbocycles. The van der Waals surface area contributed by atoms with Crippen molar-refractivity contribution in [2.45, 2.75) is 6.04 Å². The summed E-state index contributed by atoms with van der Waals surface area (Å²) in [5, 5.41) is 8.98. The molecule has 102 valence electrons. The molecule has 0 spiro atoms. The Balaban J connectivity index is 2.14. The molecule has 1 heterocycles. The summed E-state index contributed by atoms with van der Waals surface area (Å²) in [7, 11) is 1.87. The average Bonchev–Trinajstić information content (AvgIpc) is 2.84. The number of aryl methyl sites for hydroxylation is 1. The molecule has 3 N–H and O–H groups in total. The Bertz CT molecular complexity index is 735. The molecule has 1 unspecified atom stereocenters. The van der Waals surface area contributed by atoms with Crippen LogP contribution >= 0.6 is 11.6 Å². The van der Waals surface area contributed by atoms with E-state index >= 15 is 0 Å². The van der Waals surface area contributed by atoms with Crippen LogP contribution in [0.3, 0.4) is 0 Å². The highest BCUT2D eigenvalue weighted by Gasteiger charge is 2.17. The van der Waals surface area contributed by atoms with Crippen LogP contribution in [0.1, 0.15) is 17.2 Å². The highest BCUT2D eigenvalue weighted by atomic mass is 35.5. The summed E-state index contributed by atoms with van der Waals surface area (Å²) in [6, 6.07) is 13.4. The standard InChI is InChI=1S/C14H14ClN5/c1-20-12-4-2-3-11(14(12)18-19-20)13(17-16)9-5-7-10(15)8-6-9/h2-8,13,17H,16H2,1H3. The monoisotopic (exact) mass is 287 g/mol. The number of halogens is 1. The minimum Gasteiger partial charge on any atom is -0.271 e. The number of hydrogen-bond donors (Lipinski definition) is 2. The Morgan fingerprint density at radius 3 is 2.65 bits per heavy atom. The zero-order chi connectivity index (χ0) is 14.1. The first-order valence-electron chi connectivity index (χ1n) is 6.20. The van der Waals surface area contributed by atoms with Crippen molar-refractivity contribution in [3.63, 3.8) is 0 Å². The van der Waals surface area contributed by atoms with E-state index in [4.69, 9.17) is 17.4 Å². The summed E-state index contributed by atoms with van der Waals surface area (Å²) in [5.74, 6) is 5.73. The Morgan fingerprint density at radius 1 is 1.20 bits per heavy atom. The molecule has 5 nitrogen and oxygen atoms in total. The highest BCUT2D eigenvalue weighted by molar-refractivity contribution is 6.30. The first kappa shape index (κ1) is 13.1. The van der Waals surface area contributed by atoms with Gasteiger partial charge < -0.3 is 0 Å². The lowest BCUT2D eigenvalue weighted by atomic mass is 9.98. The number of hydrogen-bond acceptors (Lipinski definition) is 4. The quantitative estimate of drug-likeness (QED) is 0.572. The van der Waals surface area contributed by atoms with Gasteiger partial charge in [0, 0.05) is 17.6 Å². The predicted octanol–water partition coefficient (Wildman–Crippen LogP) is 2.17. The maximum Gasteiger partial charge on any atom is 0.118 e. The number of nitrogens with two attached hydrogens (primary N) is 1. The van der Waals surface area contributed by atoms with E-state index in [2.05, 4.69) is 15.7 Å². The molecule has 1 aromatic heterocycles. The van der Waals surface area contributed by atoms with Crippen molar-refractivity contribution in [3.05, 3.63) is 58.6 Å². The van der Waals surface area contributed by atoms with E-state index in [1.807, 2.05) is 49.5 Å². The van der Waals surface area contributed by atoms with Gasteiger partial charge in [-0.2, -0.15) is 0 Å². The summed E-state index contributed by atoms with van der Waals surface area (Å²) in [4.78, 5) is 0. The Labute approximate surface area is 121 Å². The number of benzene rings is 2. The van der Waals surface area contributed by atoms with Gasteiger partial charge >= 0.3 is 0 Å². The third-order valence-electron chi connectivity index (χ3n) is 3.35. The molecule has 0 radical (unpaired) electrons. The fourth-order valence-corrected chi connectivity index (χ4v) is 2.46. The lowest BCUT2D eigenvalue weighted by Crippen LogP contribution is -2.29. The molecule has 0 aliphatic heterocycles. The zero-order valence-corrected chi connectivity index (χ0v) is 11.7. The zero-order valence-electron chi connectivity index (χ0n) is 10.9. The molecular formula is C14H14ClN5. The topological polar surface area (TPSA) is 68.8 Å². The summed E-state index contributed by atoms with van der Waals surface area (Å²) in [6.07, 6.45) is 0. The molecule has 0 fully saturated rings. The molecule has 0 saturated carbocycles. The van der Waals surface area contributed by atoms with Crippen molar-refractivity contribution in [2.75, 3.05) is 0 Å². The van der Waals surface area contributed by atoms with E-state index < -0.39 is 0 Å². The minimum atomic E-state index is -0.160. The second kappa shape index (κ2) is 5.20. The second-order valence-corrected chi connectivity index (χ2v) is 5.02. The van der Waals surface area contributed by atoms with Crippen molar-refractivity contribution >= 4 is 22.6 Å². The van der Waals surface area contributed by atoms with E-state index in [-0.39, 0.29) is 6.04 Å². The molecule has 0 amide bonds. The molecule has 3 rings (SSSR count).